The molecule has 0 radical (unpaired) electrons. The molecule has 0 bridgehead atoms. The van der Waals surface area contributed by atoms with Gasteiger partial charge in [-0.15, -0.1) is 0 Å². The Morgan fingerprint density at radius 2 is 0.889 bits per heavy atom. The zero-order valence-corrected chi connectivity index (χ0v) is 41.5. The third kappa shape index (κ3) is 44.0. The van der Waals surface area contributed by atoms with E-state index < -0.39 is 18.1 Å². The Morgan fingerprint density at radius 1 is 0.492 bits per heavy atom. The van der Waals surface area contributed by atoms with Gasteiger partial charge in [-0.05, 0) is 77.0 Å². The number of quaternary nitrogens is 1. The second kappa shape index (κ2) is 45.6. The maximum absolute atomic E-state index is 12.8. The molecule has 8 nitrogen and oxygen atoms in total. The van der Waals surface area contributed by atoms with Crippen LogP contribution in [0.2, 0.25) is 0 Å². The normalized spacial score (nSPS) is 13.3. The SMILES string of the molecule is CC/C=C/C/C=C/C/C=C/C/C=C/CCCCCC(=O)OC(COCCC(C(=O)O)[N+](C)(C)C)COC(=O)CCCCCCCCC/C=C/CCCCCCCCCCCCCC. The number of carboxylic acid groups (broad SMARTS) is 1. The molecule has 0 aliphatic rings. The number of carbonyl (C=O) groups excluding carboxylic acids is 2. The first-order valence-corrected chi connectivity index (χ1v) is 25.8. The lowest BCUT2D eigenvalue weighted by atomic mass is 10.0. The first kappa shape index (κ1) is 60.0. The quantitative estimate of drug-likeness (QED) is 0.0281. The van der Waals surface area contributed by atoms with E-state index >= 15 is 0 Å². The number of carbonyl (C=O) groups is 3. The first-order chi connectivity index (χ1) is 30.6. The number of aliphatic carboxylic acids is 1. The zero-order valence-electron chi connectivity index (χ0n) is 41.5. The summed E-state index contributed by atoms with van der Waals surface area (Å²) in [5.41, 5.74) is 0. The van der Waals surface area contributed by atoms with E-state index in [9.17, 15) is 19.5 Å². The summed E-state index contributed by atoms with van der Waals surface area (Å²) in [5, 5.41) is 9.65. The summed E-state index contributed by atoms with van der Waals surface area (Å²) in [7, 11) is 5.52. The fourth-order valence-corrected chi connectivity index (χ4v) is 7.43. The number of unbranched alkanes of at least 4 members (excludes halogenated alkanes) is 22. The van der Waals surface area contributed by atoms with Crippen LogP contribution in [0.25, 0.3) is 0 Å². The number of nitrogens with zero attached hydrogens (tertiary/aromatic N) is 1. The number of esters is 2. The topological polar surface area (TPSA) is 99.1 Å². The van der Waals surface area contributed by atoms with Crippen molar-refractivity contribution in [2.75, 3.05) is 41.0 Å². The fraction of sp³-hybridized carbons (Fsp3) is 0.764. The molecule has 63 heavy (non-hydrogen) atoms. The van der Waals surface area contributed by atoms with Gasteiger partial charge in [-0.1, -0.05) is 184 Å². The lowest BCUT2D eigenvalue weighted by Gasteiger charge is -2.31. The van der Waals surface area contributed by atoms with Gasteiger partial charge in [0.1, 0.15) is 6.61 Å². The van der Waals surface area contributed by atoms with Crippen molar-refractivity contribution >= 4 is 17.9 Å². The molecular formula is C55H98NO7+. The molecule has 0 fully saturated rings. The van der Waals surface area contributed by atoms with Gasteiger partial charge < -0.3 is 23.8 Å². The van der Waals surface area contributed by atoms with E-state index in [1.807, 2.05) is 21.1 Å². The second-order valence-electron chi connectivity index (χ2n) is 18.4. The van der Waals surface area contributed by atoms with Crippen molar-refractivity contribution in [1.29, 1.82) is 0 Å². The summed E-state index contributed by atoms with van der Waals surface area (Å²) >= 11 is 0. The van der Waals surface area contributed by atoms with Crippen LogP contribution in [-0.2, 0) is 28.6 Å². The van der Waals surface area contributed by atoms with Crippen molar-refractivity contribution in [3.63, 3.8) is 0 Å². The number of hydrogen-bond acceptors (Lipinski definition) is 6. The summed E-state index contributed by atoms with van der Waals surface area (Å²) in [6.07, 6.45) is 57.1. The largest absolute Gasteiger partial charge is 0.477 e. The predicted octanol–water partition coefficient (Wildman–Crippen LogP) is 14.9. The lowest BCUT2D eigenvalue weighted by Crippen LogP contribution is -2.50. The van der Waals surface area contributed by atoms with Crippen molar-refractivity contribution < 1.29 is 38.2 Å². The van der Waals surface area contributed by atoms with Crippen LogP contribution < -0.4 is 0 Å². The Labute approximate surface area is 388 Å². The van der Waals surface area contributed by atoms with Crippen LogP contribution >= 0.6 is 0 Å². The molecule has 2 unspecified atom stereocenters. The average molecular weight is 885 g/mol. The number of allylic oxidation sites excluding steroid dienone is 10. The summed E-state index contributed by atoms with van der Waals surface area (Å²) in [6, 6.07) is -0.624. The minimum absolute atomic E-state index is 0.0452. The van der Waals surface area contributed by atoms with Gasteiger partial charge in [-0.25, -0.2) is 4.79 Å². The number of carboxylic acids is 1. The first-order valence-electron chi connectivity index (χ1n) is 25.8. The lowest BCUT2D eigenvalue weighted by molar-refractivity contribution is -0.887. The molecule has 0 saturated heterocycles. The highest BCUT2D eigenvalue weighted by Crippen LogP contribution is 2.15. The van der Waals surface area contributed by atoms with Gasteiger partial charge in [0.25, 0.3) is 0 Å². The number of hydrogen-bond donors (Lipinski definition) is 1. The summed E-state index contributed by atoms with van der Waals surface area (Å²) < 4.78 is 17.3. The van der Waals surface area contributed by atoms with Crippen LogP contribution in [0.3, 0.4) is 0 Å². The van der Waals surface area contributed by atoms with Crippen molar-refractivity contribution in [1.82, 2.24) is 0 Å². The summed E-state index contributed by atoms with van der Waals surface area (Å²) in [6.45, 7) is 4.60. The Bertz CT molecular complexity index is 1210. The van der Waals surface area contributed by atoms with Crippen LogP contribution in [0, 0.1) is 0 Å². The van der Waals surface area contributed by atoms with Gasteiger partial charge in [0.05, 0.1) is 34.4 Å². The van der Waals surface area contributed by atoms with Gasteiger partial charge in [0, 0.05) is 19.3 Å². The van der Waals surface area contributed by atoms with E-state index in [0.29, 0.717) is 12.8 Å². The van der Waals surface area contributed by atoms with Gasteiger partial charge in [-0.3, -0.25) is 9.59 Å². The highest BCUT2D eigenvalue weighted by Gasteiger charge is 2.31. The van der Waals surface area contributed by atoms with Gasteiger partial charge in [0.15, 0.2) is 12.1 Å². The molecule has 1 N–H and O–H groups in total. The molecule has 0 aromatic heterocycles. The van der Waals surface area contributed by atoms with E-state index in [-0.39, 0.29) is 42.7 Å². The zero-order chi connectivity index (χ0) is 46.3. The van der Waals surface area contributed by atoms with E-state index in [1.165, 1.54) is 116 Å². The number of likely N-dealkylation sites (N-methyl/N-ethyl adjacent to an activating group) is 1. The highest BCUT2D eigenvalue weighted by atomic mass is 16.6. The molecule has 0 saturated carbocycles. The van der Waals surface area contributed by atoms with Gasteiger partial charge >= 0.3 is 17.9 Å². The molecule has 0 heterocycles. The monoisotopic (exact) mass is 885 g/mol. The highest BCUT2D eigenvalue weighted by molar-refractivity contribution is 5.72. The molecule has 0 rings (SSSR count). The van der Waals surface area contributed by atoms with Crippen LogP contribution in [0.1, 0.15) is 219 Å². The van der Waals surface area contributed by atoms with Crippen LogP contribution in [-0.4, -0.2) is 80.6 Å². The Hall–Kier alpha value is -2.97. The van der Waals surface area contributed by atoms with Crippen molar-refractivity contribution in [2.45, 2.75) is 231 Å². The standard InChI is InChI=1S/C55H97NO7/c1-6-8-10-12-14-16-18-20-22-24-25-26-27-28-29-30-32-33-35-37-39-41-43-45-53(57)62-50-51(49-61-48-47-52(55(59)60)56(3,4)5)63-54(58)46-44-42-40-38-36-34-31-23-21-19-17-15-13-11-9-7-2/h9,11,15,17,21,23,28-29,34,36,51-52H,6-8,10,12-14,16,18-20,22,24-27,30-33,35,37-50H2,1-5H3/p+1/b11-9+,17-15+,23-21+,29-28+,36-34+. The molecule has 0 amide bonds. The summed E-state index contributed by atoms with van der Waals surface area (Å²) in [5.74, 6) is -1.51. The maximum Gasteiger partial charge on any atom is 0.362 e. The van der Waals surface area contributed by atoms with Crippen LogP contribution in [0.5, 0.6) is 0 Å². The van der Waals surface area contributed by atoms with Crippen LogP contribution in [0.4, 0.5) is 0 Å². The van der Waals surface area contributed by atoms with Gasteiger partial charge in [0.2, 0.25) is 0 Å². The Morgan fingerprint density at radius 3 is 1.35 bits per heavy atom. The predicted molar refractivity (Wildman–Crippen MR) is 266 cm³/mol. The third-order valence-corrected chi connectivity index (χ3v) is 11.4. The minimum Gasteiger partial charge on any atom is -0.477 e. The molecule has 0 aromatic rings. The molecule has 8 heteroatoms. The molecule has 0 aliphatic heterocycles. The van der Waals surface area contributed by atoms with E-state index in [1.54, 1.807) is 0 Å². The molecule has 0 aliphatic carbocycles. The molecular weight excluding hydrogens is 787 g/mol. The molecule has 364 valence electrons. The van der Waals surface area contributed by atoms with Crippen LogP contribution in [0.15, 0.2) is 60.8 Å². The van der Waals surface area contributed by atoms with Gasteiger partial charge in [-0.2, -0.15) is 0 Å². The van der Waals surface area contributed by atoms with E-state index in [2.05, 4.69) is 74.6 Å². The molecule has 2 atom stereocenters. The molecule has 0 spiro atoms. The van der Waals surface area contributed by atoms with Crippen molar-refractivity contribution in [3.8, 4) is 0 Å². The number of rotatable bonds is 46. The van der Waals surface area contributed by atoms with E-state index in [0.717, 1.165) is 70.6 Å². The average Bonchev–Trinajstić information content (AvgIpc) is 3.24. The Balaban J connectivity index is 4.25. The maximum atomic E-state index is 12.8. The molecule has 0 aromatic carbocycles. The van der Waals surface area contributed by atoms with Crippen molar-refractivity contribution in [3.05, 3.63) is 60.8 Å². The summed E-state index contributed by atoms with van der Waals surface area (Å²) in [4.78, 5) is 37.1. The Kier molecular flexibility index (Phi) is 43.4. The second-order valence-corrected chi connectivity index (χ2v) is 18.4. The minimum atomic E-state index is -0.881. The third-order valence-electron chi connectivity index (χ3n) is 11.4. The smallest absolute Gasteiger partial charge is 0.362 e. The number of ether oxygens (including phenoxy) is 3. The van der Waals surface area contributed by atoms with E-state index in [4.69, 9.17) is 14.2 Å². The fourth-order valence-electron chi connectivity index (χ4n) is 7.43. The van der Waals surface area contributed by atoms with Crippen molar-refractivity contribution in [2.24, 2.45) is 0 Å².